The van der Waals surface area contributed by atoms with Gasteiger partial charge >= 0.3 is 0 Å². The van der Waals surface area contributed by atoms with E-state index < -0.39 is 11.6 Å². The van der Waals surface area contributed by atoms with Gasteiger partial charge in [-0.2, -0.15) is 5.26 Å². The minimum atomic E-state index is -1.07. The molecule has 2 rings (SSSR count). The minimum Gasteiger partial charge on any atom is -0.382 e. The van der Waals surface area contributed by atoms with Crippen LogP contribution in [0.1, 0.15) is 25.3 Å². The van der Waals surface area contributed by atoms with Gasteiger partial charge in [0.15, 0.2) is 11.6 Å². The lowest BCUT2D eigenvalue weighted by atomic mass is 10.1. The Balaban J connectivity index is 2.06. The van der Waals surface area contributed by atoms with Crippen LogP contribution >= 0.6 is 0 Å². The number of anilines is 1. The van der Waals surface area contributed by atoms with E-state index in [-0.39, 0.29) is 11.3 Å². The Morgan fingerprint density at radius 1 is 1.41 bits per heavy atom. The van der Waals surface area contributed by atoms with Crippen molar-refractivity contribution in [2.45, 2.75) is 19.8 Å². The third-order valence-corrected chi connectivity index (χ3v) is 3.24. The van der Waals surface area contributed by atoms with E-state index in [9.17, 15) is 8.78 Å². The monoisotopic (exact) mass is 236 g/mol. The summed E-state index contributed by atoms with van der Waals surface area (Å²) in [5.41, 5.74) is -0.128. The number of halogens is 2. The van der Waals surface area contributed by atoms with Crippen molar-refractivity contribution in [3.63, 3.8) is 0 Å². The Labute approximate surface area is 99.3 Å². The van der Waals surface area contributed by atoms with E-state index >= 15 is 0 Å². The van der Waals surface area contributed by atoms with Crippen molar-refractivity contribution in [2.75, 3.05) is 11.9 Å². The normalized spacial score (nSPS) is 16.4. The van der Waals surface area contributed by atoms with Gasteiger partial charge in [-0.25, -0.2) is 8.78 Å². The molecule has 1 aliphatic rings. The van der Waals surface area contributed by atoms with Crippen LogP contribution in [0, 0.1) is 34.8 Å². The minimum absolute atomic E-state index is 0.133. The van der Waals surface area contributed by atoms with Crippen LogP contribution in [-0.2, 0) is 0 Å². The summed E-state index contributed by atoms with van der Waals surface area (Å²) in [4.78, 5) is 0. The van der Waals surface area contributed by atoms with Gasteiger partial charge in [-0.15, -0.1) is 0 Å². The van der Waals surface area contributed by atoms with Crippen molar-refractivity contribution in [1.82, 2.24) is 0 Å². The molecule has 0 saturated heterocycles. The highest BCUT2D eigenvalue weighted by molar-refractivity contribution is 5.49. The van der Waals surface area contributed by atoms with Gasteiger partial charge < -0.3 is 5.32 Å². The molecule has 0 radical (unpaired) electrons. The van der Waals surface area contributed by atoms with Crippen LogP contribution in [0.5, 0.6) is 0 Å². The molecule has 1 saturated carbocycles. The zero-order chi connectivity index (χ0) is 12.4. The first-order valence-corrected chi connectivity index (χ1v) is 5.75. The SMILES string of the molecule is CC(CNc1ccc(C#N)c(F)c1F)C1CC1. The van der Waals surface area contributed by atoms with E-state index in [1.165, 1.54) is 25.0 Å². The Morgan fingerprint density at radius 3 is 2.71 bits per heavy atom. The maximum absolute atomic E-state index is 13.5. The molecule has 1 fully saturated rings. The van der Waals surface area contributed by atoms with Crippen molar-refractivity contribution < 1.29 is 8.78 Å². The lowest BCUT2D eigenvalue weighted by Gasteiger charge is -2.13. The van der Waals surface area contributed by atoms with Crippen LogP contribution in [-0.4, -0.2) is 6.54 Å². The fourth-order valence-electron chi connectivity index (χ4n) is 1.88. The number of nitrogens with one attached hydrogen (secondary N) is 1. The molecule has 2 nitrogen and oxygen atoms in total. The Hall–Kier alpha value is -1.63. The third-order valence-electron chi connectivity index (χ3n) is 3.24. The lowest BCUT2D eigenvalue weighted by Crippen LogP contribution is -2.14. The van der Waals surface area contributed by atoms with Gasteiger partial charge in [-0.1, -0.05) is 6.92 Å². The third kappa shape index (κ3) is 2.55. The van der Waals surface area contributed by atoms with Crippen molar-refractivity contribution >= 4 is 5.69 Å². The van der Waals surface area contributed by atoms with Crippen molar-refractivity contribution in [3.8, 4) is 6.07 Å². The molecular formula is C13H14F2N2. The number of nitrogens with zero attached hydrogens (tertiary/aromatic N) is 1. The lowest BCUT2D eigenvalue weighted by molar-refractivity contribution is 0.503. The first-order valence-electron chi connectivity index (χ1n) is 5.75. The quantitative estimate of drug-likeness (QED) is 0.870. The second-order valence-corrected chi connectivity index (χ2v) is 4.60. The van der Waals surface area contributed by atoms with E-state index in [0.717, 1.165) is 0 Å². The Bertz CT molecular complexity index is 461. The highest BCUT2D eigenvalue weighted by atomic mass is 19.2. The maximum Gasteiger partial charge on any atom is 0.183 e. The van der Waals surface area contributed by atoms with Gasteiger partial charge in [-0.3, -0.25) is 0 Å². The summed E-state index contributed by atoms with van der Waals surface area (Å²) in [5.74, 6) is -0.856. The number of hydrogen-bond donors (Lipinski definition) is 1. The molecule has 0 amide bonds. The molecule has 1 aromatic rings. The summed E-state index contributed by atoms with van der Waals surface area (Å²) in [6.07, 6.45) is 2.46. The standard InChI is InChI=1S/C13H14F2N2/c1-8(9-2-3-9)7-17-11-5-4-10(6-16)12(14)13(11)15/h4-5,8-9,17H,2-3,7H2,1H3. The number of nitriles is 1. The molecule has 1 atom stereocenters. The van der Waals surface area contributed by atoms with Crippen LogP contribution in [0.4, 0.5) is 14.5 Å². The van der Waals surface area contributed by atoms with Crippen molar-refractivity contribution in [2.24, 2.45) is 11.8 Å². The Kier molecular flexibility index (Phi) is 3.28. The molecule has 0 aromatic heterocycles. The second-order valence-electron chi connectivity index (χ2n) is 4.60. The molecule has 0 bridgehead atoms. The number of rotatable bonds is 4. The fraction of sp³-hybridized carbons (Fsp3) is 0.462. The van der Waals surface area contributed by atoms with E-state index in [1.807, 2.05) is 0 Å². The van der Waals surface area contributed by atoms with E-state index in [2.05, 4.69) is 12.2 Å². The van der Waals surface area contributed by atoms with Gasteiger partial charge in [-0.05, 0) is 36.8 Å². The zero-order valence-electron chi connectivity index (χ0n) is 9.63. The molecule has 1 unspecified atom stereocenters. The molecule has 1 N–H and O–H groups in total. The summed E-state index contributed by atoms with van der Waals surface area (Å²) in [7, 11) is 0. The first kappa shape index (κ1) is 11.8. The van der Waals surface area contributed by atoms with Gasteiger partial charge in [0.25, 0.3) is 0 Å². The maximum atomic E-state index is 13.5. The molecule has 17 heavy (non-hydrogen) atoms. The van der Waals surface area contributed by atoms with Gasteiger partial charge in [0.2, 0.25) is 0 Å². The average molecular weight is 236 g/mol. The molecule has 0 heterocycles. The predicted octanol–water partition coefficient (Wildman–Crippen LogP) is 3.29. The van der Waals surface area contributed by atoms with Crippen LogP contribution in [0.15, 0.2) is 12.1 Å². The van der Waals surface area contributed by atoms with Crippen LogP contribution < -0.4 is 5.32 Å². The molecular weight excluding hydrogens is 222 g/mol. The van der Waals surface area contributed by atoms with Crippen LogP contribution in [0.25, 0.3) is 0 Å². The number of benzene rings is 1. The Morgan fingerprint density at radius 2 is 2.12 bits per heavy atom. The summed E-state index contributed by atoms with van der Waals surface area (Å²) in [6, 6.07) is 4.32. The molecule has 90 valence electrons. The van der Waals surface area contributed by atoms with Gasteiger partial charge in [0.1, 0.15) is 6.07 Å². The largest absolute Gasteiger partial charge is 0.382 e. The van der Waals surface area contributed by atoms with Gasteiger partial charge in [0.05, 0.1) is 11.3 Å². The summed E-state index contributed by atoms with van der Waals surface area (Å²) in [6.45, 7) is 2.73. The zero-order valence-corrected chi connectivity index (χ0v) is 9.63. The molecule has 1 aromatic carbocycles. The fourth-order valence-corrected chi connectivity index (χ4v) is 1.88. The number of hydrogen-bond acceptors (Lipinski definition) is 2. The van der Waals surface area contributed by atoms with Gasteiger partial charge in [0, 0.05) is 6.54 Å². The average Bonchev–Trinajstić information content (AvgIpc) is 3.15. The van der Waals surface area contributed by atoms with E-state index in [1.54, 1.807) is 6.07 Å². The molecule has 0 aliphatic heterocycles. The predicted molar refractivity (Wildman–Crippen MR) is 61.5 cm³/mol. The van der Waals surface area contributed by atoms with Crippen LogP contribution in [0.3, 0.4) is 0 Å². The highest BCUT2D eigenvalue weighted by Crippen LogP contribution is 2.36. The molecule has 1 aliphatic carbocycles. The second kappa shape index (κ2) is 4.70. The van der Waals surface area contributed by atoms with Crippen molar-refractivity contribution in [1.29, 1.82) is 5.26 Å². The topological polar surface area (TPSA) is 35.8 Å². The summed E-state index contributed by atoms with van der Waals surface area (Å²) < 4.78 is 26.8. The first-order chi connectivity index (χ1) is 8.13. The molecule has 4 heteroatoms. The highest BCUT2D eigenvalue weighted by Gasteiger charge is 2.27. The van der Waals surface area contributed by atoms with Crippen molar-refractivity contribution in [3.05, 3.63) is 29.3 Å². The van der Waals surface area contributed by atoms with E-state index in [0.29, 0.717) is 18.4 Å². The van der Waals surface area contributed by atoms with Crippen LogP contribution in [0.2, 0.25) is 0 Å². The summed E-state index contributed by atoms with van der Waals surface area (Å²) in [5, 5.41) is 11.5. The molecule has 0 spiro atoms. The summed E-state index contributed by atoms with van der Waals surface area (Å²) >= 11 is 0. The van der Waals surface area contributed by atoms with E-state index in [4.69, 9.17) is 5.26 Å². The smallest absolute Gasteiger partial charge is 0.183 e.